The summed E-state index contributed by atoms with van der Waals surface area (Å²) in [5, 5.41) is 0.749. The number of hydrogen-bond donors (Lipinski definition) is 1. The minimum Gasteiger partial charge on any atom is -0.358 e. The van der Waals surface area contributed by atoms with Crippen LogP contribution >= 0.6 is 0 Å². The van der Waals surface area contributed by atoms with Crippen molar-refractivity contribution in [2.24, 2.45) is 0 Å². The van der Waals surface area contributed by atoms with Gasteiger partial charge in [0.25, 0.3) is 0 Å². The van der Waals surface area contributed by atoms with Crippen LogP contribution in [0.1, 0.15) is 36.6 Å². The summed E-state index contributed by atoms with van der Waals surface area (Å²) in [4.78, 5) is 3.33. The van der Waals surface area contributed by atoms with Crippen LogP contribution in [0.5, 0.6) is 0 Å². The molecule has 0 saturated carbocycles. The first-order chi connectivity index (χ1) is 7.02. The Hall–Kier alpha value is -1.31. The van der Waals surface area contributed by atoms with E-state index >= 15 is 0 Å². The molecule has 0 radical (unpaired) electrons. The van der Waals surface area contributed by atoms with Gasteiger partial charge in [0, 0.05) is 11.1 Å². The van der Waals surface area contributed by atoms with E-state index in [1.165, 1.54) is 0 Å². The predicted octanol–water partition coefficient (Wildman–Crippen LogP) is 4.05. The summed E-state index contributed by atoms with van der Waals surface area (Å²) < 4.78 is 13.7. The van der Waals surface area contributed by atoms with Crippen LogP contribution in [0.3, 0.4) is 0 Å². The molecule has 0 saturated heterocycles. The van der Waals surface area contributed by atoms with Gasteiger partial charge in [0.1, 0.15) is 5.82 Å². The summed E-state index contributed by atoms with van der Waals surface area (Å²) in [7, 11) is 0. The number of H-pyrrole nitrogens is 1. The predicted molar refractivity (Wildman–Crippen MR) is 61.8 cm³/mol. The lowest BCUT2D eigenvalue weighted by Gasteiger charge is -2.02. The molecule has 0 atom stereocenters. The second-order valence-electron chi connectivity index (χ2n) is 4.43. The molecule has 2 aromatic rings. The summed E-state index contributed by atoms with van der Waals surface area (Å²) in [6, 6.07) is 3.36. The van der Waals surface area contributed by atoms with Crippen LogP contribution < -0.4 is 0 Å². The Morgan fingerprint density at radius 1 is 1.20 bits per heavy atom. The quantitative estimate of drug-likeness (QED) is 0.723. The van der Waals surface area contributed by atoms with Gasteiger partial charge in [0.15, 0.2) is 0 Å². The topological polar surface area (TPSA) is 15.8 Å². The molecule has 1 N–H and O–H groups in total. The molecule has 0 aliphatic rings. The fourth-order valence-electron chi connectivity index (χ4n) is 2.15. The highest BCUT2D eigenvalue weighted by molar-refractivity contribution is 5.87. The molecule has 0 bridgehead atoms. The van der Waals surface area contributed by atoms with E-state index in [-0.39, 0.29) is 5.82 Å². The van der Waals surface area contributed by atoms with Crippen molar-refractivity contribution in [1.82, 2.24) is 4.98 Å². The van der Waals surface area contributed by atoms with Crippen LogP contribution in [-0.2, 0) is 0 Å². The molecule has 0 aliphatic heterocycles. The first kappa shape index (κ1) is 10.2. The van der Waals surface area contributed by atoms with Crippen molar-refractivity contribution < 1.29 is 4.39 Å². The van der Waals surface area contributed by atoms with E-state index in [2.05, 4.69) is 18.8 Å². The van der Waals surface area contributed by atoms with Gasteiger partial charge in [0.2, 0.25) is 0 Å². The number of aromatic amines is 1. The van der Waals surface area contributed by atoms with E-state index in [9.17, 15) is 4.39 Å². The highest BCUT2D eigenvalue weighted by Crippen LogP contribution is 2.30. The minimum absolute atomic E-state index is 0.128. The molecule has 1 aromatic heterocycles. The average Bonchev–Trinajstić information content (AvgIpc) is 2.51. The Bertz CT molecular complexity index is 509. The van der Waals surface area contributed by atoms with Crippen molar-refractivity contribution in [2.45, 2.75) is 33.6 Å². The molecule has 0 spiro atoms. The van der Waals surface area contributed by atoms with Crippen LogP contribution in [0.25, 0.3) is 10.9 Å². The number of aryl methyl sites for hydroxylation is 2. The van der Waals surface area contributed by atoms with Gasteiger partial charge in [-0.2, -0.15) is 0 Å². The smallest absolute Gasteiger partial charge is 0.132 e. The Labute approximate surface area is 89.3 Å². The molecule has 0 aliphatic carbocycles. The molecule has 0 amide bonds. The summed E-state index contributed by atoms with van der Waals surface area (Å²) in [5.41, 5.74) is 4.22. The van der Waals surface area contributed by atoms with Gasteiger partial charge >= 0.3 is 0 Å². The molecule has 80 valence electrons. The molecule has 2 heteroatoms. The largest absolute Gasteiger partial charge is 0.358 e. The Balaban J connectivity index is 2.87. The average molecular weight is 205 g/mol. The third kappa shape index (κ3) is 1.44. The molecule has 1 nitrogen and oxygen atoms in total. The normalized spacial score (nSPS) is 11.6. The molecule has 0 unspecified atom stereocenters. The minimum atomic E-state index is -0.128. The second-order valence-corrected chi connectivity index (χ2v) is 4.43. The summed E-state index contributed by atoms with van der Waals surface area (Å²) in [5.74, 6) is 0.271. The number of rotatable bonds is 1. The maximum Gasteiger partial charge on any atom is 0.132 e. The number of fused-ring (bicyclic) bond motifs is 1. The summed E-state index contributed by atoms with van der Waals surface area (Å²) >= 11 is 0. The van der Waals surface area contributed by atoms with E-state index in [0.29, 0.717) is 5.92 Å². The fraction of sp³-hybridized carbons (Fsp3) is 0.385. The van der Waals surface area contributed by atoms with Gasteiger partial charge in [0.05, 0.1) is 5.52 Å². The highest BCUT2D eigenvalue weighted by Gasteiger charge is 2.14. The summed E-state index contributed by atoms with van der Waals surface area (Å²) in [6.07, 6.45) is 0. The van der Waals surface area contributed by atoms with Crippen LogP contribution in [-0.4, -0.2) is 4.98 Å². The van der Waals surface area contributed by atoms with E-state index in [1.807, 2.05) is 19.9 Å². The molecular weight excluding hydrogens is 189 g/mol. The zero-order valence-corrected chi connectivity index (χ0v) is 9.61. The SMILES string of the molecule is Cc1ccc(F)c2c(C)c(C(C)C)[nH]c12. The standard InChI is InChI=1S/C13H16FN/c1-7(2)12-9(4)11-10(14)6-5-8(3)13(11)15-12/h5-7,15H,1-4H3. The lowest BCUT2D eigenvalue weighted by molar-refractivity contribution is 0.639. The number of hydrogen-bond acceptors (Lipinski definition) is 0. The van der Waals surface area contributed by atoms with Gasteiger partial charge in [-0.25, -0.2) is 4.39 Å². The lowest BCUT2D eigenvalue weighted by atomic mass is 10.0. The van der Waals surface area contributed by atoms with Crippen molar-refractivity contribution in [3.05, 3.63) is 34.8 Å². The van der Waals surface area contributed by atoms with Crippen LogP contribution in [0.15, 0.2) is 12.1 Å². The monoisotopic (exact) mass is 205 g/mol. The van der Waals surface area contributed by atoms with Gasteiger partial charge in [-0.1, -0.05) is 19.9 Å². The maximum atomic E-state index is 13.7. The number of benzene rings is 1. The van der Waals surface area contributed by atoms with Gasteiger partial charge in [-0.3, -0.25) is 0 Å². The number of nitrogens with one attached hydrogen (secondary N) is 1. The molecule has 15 heavy (non-hydrogen) atoms. The van der Waals surface area contributed by atoms with Crippen molar-refractivity contribution in [3.63, 3.8) is 0 Å². The lowest BCUT2D eigenvalue weighted by Crippen LogP contribution is -1.89. The van der Waals surface area contributed by atoms with E-state index in [0.717, 1.165) is 27.7 Å². The zero-order valence-electron chi connectivity index (χ0n) is 9.61. The van der Waals surface area contributed by atoms with E-state index in [4.69, 9.17) is 0 Å². The first-order valence-electron chi connectivity index (χ1n) is 5.29. The molecule has 2 rings (SSSR count). The Morgan fingerprint density at radius 3 is 2.40 bits per heavy atom. The molecule has 1 heterocycles. The van der Waals surface area contributed by atoms with Gasteiger partial charge in [-0.05, 0) is 37.0 Å². The zero-order chi connectivity index (χ0) is 11.2. The van der Waals surface area contributed by atoms with E-state index in [1.54, 1.807) is 6.07 Å². The molecule has 0 fully saturated rings. The molecule has 1 aromatic carbocycles. The molecular formula is C13H16FN. The fourth-order valence-corrected chi connectivity index (χ4v) is 2.15. The summed E-state index contributed by atoms with van der Waals surface area (Å²) in [6.45, 7) is 8.22. The van der Waals surface area contributed by atoms with Crippen molar-refractivity contribution >= 4 is 10.9 Å². The first-order valence-corrected chi connectivity index (χ1v) is 5.29. The third-order valence-electron chi connectivity index (χ3n) is 2.98. The highest BCUT2D eigenvalue weighted by atomic mass is 19.1. The third-order valence-corrected chi connectivity index (χ3v) is 2.98. The number of aromatic nitrogens is 1. The van der Waals surface area contributed by atoms with Crippen LogP contribution in [0.4, 0.5) is 4.39 Å². The van der Waals surface area contributed by atoms with Gasteiger partial charge in [-0.15, -0.1) is 0 Å². The second kappa shape index (κ2) is 3.37. The van der Waals surface area contributed by atoms with Crippen molar-refractivity contribution in [2.75, 3.05) is 0 Å². The van der Waals surface area contributed by atoms with Crippen LogP contribution in [0.2, 0.25) is 0 Å². The maximum absolute atomic E-state index is 13.7. The Morgan fingerprint density at radius 2 is 1.87 bits per heavy atom. The van der Waals surface area contributed by atoms with E-state index < -0.39 is 0 Å². The van der Waals surface area contributed by atoms with Crippen molar-refractivity contribution in [3.8, 4) is 0 Å². The number of halogens is 1. The Kier molecular flexibility index (Phi) is 2.29. The van der Waals surface area contributed by atoms with Crippen molar-refractivity contribution in [1.29, 1.82) is 0 Å². The van der Waals surface area contributed by atoms with Crippen LogP contribution in [0, 0.1) is 19.7 Å². The van der Waals surface area contributed by atoms with Gasteiger partial charge < -0.3 is 4.98 Å².